The Bertz CT molecular complexity index is 2190. The second kappa shape index (κ2) is 58.4. The van der Waals surface area contributed by atoms with Crippen LogP contribution in [0, 0.1) is 0 Å². The molecule has 0 bridgehead atoms. The van der Waals surface area contributed by atoms with E-state index in [9.17, 15) is 33.6 Å². The Balaban J connectivity index is 8.91. The van der Waals surface area contributed by atoms with Crippen molar-refractivity contribution in [2.45, 2.75) is 312 Å². The highest BCUT2D eigenvalue weighted by molar-refractivity contribution is 7.80. The molecule has 0 saturated carbocycles. The summed E-state index contributed by atoms with van der Waals surface area (Å²) in [6, 6.07) is -15.9. The zero-order chi connectivity index (χ0) is 73.8. The van der Waals surface area contributed by atoms with Gasteiger partial charge in [0.15, 0.2) is 0 Å². The molecule has 30 heteroatoms. The number of hydrogen-bond acceptors (Lipinski definition) is 22. The largest absolute Gasteiger partial charge is 0.368 e. The van der Waals surface area contributed by atoms with Crippen molar-refractivity contribution in [3.05, 3.63) is 0 Å². The number of thiol groups is 4. The second-order valence-electron chi connectivity index (χ2n) is 25.9. The number of nitrogens with one attached hydrogen (secondary N) is 4. The summed E-state index contributed by atoms with van der Waals surface area (Å²) in [5.74, 6) is -12.4. The van der Waals surface area contributed by atoms with E-state index in [1.54, 1.807) is 0 Å². The van der Waals surface area contributed by atoms with Crippen molar-refractivity contribution >= 4 is 115 Å². The molecule has 0 aliphatic carbocycles. The molecule has 20 N–H and O–H groups in total. The number of rotatable bonds is 61. The topological polar surface area (TPSA) is 454 Å². The number of imide groups is 3. The van der Waals surface area contributed by atoms with E-state index < -0.39 is 132 Å². The molecule has 0 spiro atoms. The smallest absolute Gasteiger partial charge is 0.253 e. The van der Waals surface area contributed by atoms with Gasteiger partial charge in [0.1, 0.15) is 36.3 Å². The van der Waals surface area contributed by atoms with Gasteiger partial charge in [0.05, 0.1) is 30.7 Å². The monoisotopic (exact) mass is 1460 g/mol. The number of primary amides is 1. The number of carbonyl (C=O) groups excluding carboxylic acids is 11. The molecule has 3 unspecified atom stereocenters. The normalized spacial score (nSPS) is 14.5. The van der Waals surface area contributed by atoms with Gasteiger partial charge in [-0.2, -0.15) is 50.5 Å². The average Bonchev–Trinajstić information content (AvgIpc) is 0.776. The Kier molecular flexibility index (Phi) is 56.0. The third kappa shape index (κ3) is 37.7. The SMILES string of the molecule is CCCCCCCCCCC(NC(=O)C(CCCCCCCCCC)NC(=O)C(CCCCCCCCCC)NC(=O)[C@H](CCCCN)N(C(=O)[C@H](CCCCN)N(C(=O)[C@@H](N)CS)C(=O)[C@@H](N)CS)C(=O)[C@H](CCCCN)N(C(=O)[C@@H](N)CS)C(=O)[C@@H](N)CS)C(=O)NCC(N)=O. The van der Waals surface area contributed by atoms with Gasteiger partial charge in [0, 0.05) is 23.0 Å². The third-order valence-electron chi connectivity index (χ3n) is 17.5. The van der Waals surface area contributed by atoms with Gasteiger partial charge in [-0.25, -0.2) is 0 Å². The van der Waals surface area contributed by atoms with Crippen molar-refractivity contribution in [3.8, 4) is 0 Å². The van der Waals surface area contributed by atoms with Crippen LogP contribution in [0.15, 0.2) is 0 Å². The molecular formula is C68H131N15O11S4. The first kappa shape index (κ1) is 93.9. The minimum absolute atomic E-state index is 0.0178. The zero-order valence-electron chi connectivity index (χ0n) is 59.6. The highest BCUT2D eigenvalue weighted by atomic mass is 32.1. The predicted octanol–water partition coefficient (Wildman–Crippen LogP) is 4.22. The van der Waals surface area contributed by atoms with Gasteiger partial charge in [-0.15, -0.1) is 0 Å². The maximum atomic E-state index is 16.4. The van der Waals surface area contributed by atoms with Crippen molar-refractivity contribution in [3.63, 3.8) is 0 Å². The van der Waals surface area contributed by atoms with Crippen LogP contribution in [0.25, 0.3) is 0 Å². The van der Waals surface area contributed by atoms with Crippen molar-refractivity contribution in [1.82, 2.24) is 36.0 Å². The molecule has 0 radical (unpaired) electrons. The molecule has 0 aliphatic rings. The van der Waals surface area contributed by atoms with E-state index in [4.69, 9.17) is 45.9 Å². The standard InChI is InChI=1S/C68H131N15O11S4/c1-4-7-10-13-16-19-22-25-34-52(59(85)77-43-58(76)84)78-60(86)53(35-26-23-20-17-14-11-8-5-2)79-61(87)54(36-27-24-21-18-15-12-9-6-3)80-62(88)55(37-28-31-40-69)81(67(93)56(38-29-32-41-70)82(63(89)48(72)44-95)64(90)49(73)45-96)68(94)57(39-30-33-42-71)83(65(91)50(74)46-97)66(92)51(75)47-98/h48-57,95-98H,4-47,69-75H2,1-3H3,(H2,76,84)(H,77,85)(H,78,86)(H,79,87)(H,80,88)/t48-,49-,50-,51-,52?,53?,54?,55-,56-,57-/m0/s1. The quantitative estimate of drug-likeness (QED) is 0.0299. The lowest BCUT2D eigenvalue weighted by atomic mass is 9.97. The maximum absolute atomic E-state index is 16.4. The van der Waals surface area contributed by atoms with Crippen molar-refractivity contribution < 1.29 is 52.7 Å². The fourth-order valence-electron chi connectivity index (χ4n) is 11.5. The molecule has 0 rings (SSSR count). The molecule has 0 saturated heterocycles. The summed E-state index contributed by atoms with van der Waals surface area (Å²) < 4.78 is 0. The summed E-state index contributed by atoms with van der Waals surface area (Å²) in [6.45, 7) is 6.16. The van der Waals surface area contributed by atoms with Gasteiger partial charge in [-0.05, 0) is 96.7 Å². The van der Waals surface area contributed by atoms with E-state index in [0.29, 0.717) is 46.8 Å². The Hall–Kier alpha value is -4.11. The Morgan fingerprint density at radius 2 is 0.541 bits per heavy atom. The molecule has 0 aromatic carbocycles. The van der Waals surface area contributed by atoms with E-state index in [2.05, 4.69) is 92.6 Å². The van der Waals surface area contributed by atoms with Gasteiger partial charge in [0.2, 0.25) is 53.2 Å². The third-order valence-corrected chi connectivity index (χ3v) is 19.0. The van der Waals surface area contributed by atoms with E-state index in [1.165, 1.54) is 0 Å². The van der Waals surface area contributed by atoms with Gasteiger partial charge in [0.25, 0.3) is 11.8 Å². The highest BCUT2D eigenvalue weighted by Gasteiger charge is 2.49. The predicted molar refractivity (Wildman–Crippen MR) is 403 cm³/mol. The molecule has 568 valence electrons. The minimum atomic E-state index is -1.97. The summed E-state index contributed by atoms with van der Waals surface area (Å²) >= 11 is 17.0. The first-order valence-corrected chi connectivity index (χ1v) is 39.2. The number of nitrogens with zero attached hydrogens (tertiary/aromatic N) is 3. The van der Waals surface area contributed by atoms with E-state index >= 15 is 19.2 Å². The lowest BCUT2D eigenvalue weighted by Gasteiger charge is -2.41. The second-order valence-corrected chi connectivity index (χ2v) is 27.3. The van der Waals surface area contributed by atoms with Crippen molar-refractivity contribution in [2.24, 2.45) is 45.9 Å². The van der Waals surface area contributed by atoms with Crippen LogP contribution in [-0.4, -0.2) is 189 Å². The number of hydrogen-bond donors (Lipinski definition) is 16. The van der Waals surface area contributed by atoms with Gasteiger partial charge in [-0.1, -0.05) is 175 Å². The van der Waals surface area contributed by atoms with Crippen LogP contribution in [-0.2, 0) is 52.7 Å². The first-order chi connectivity index (χ1) is 47.0. The molecule has 0 fully saturated rings. The number of unbranched alkanes of at least 4 members (excludes halogenated alkanes) is 24. The van der Waals surface area contributed by atoms with Crippen LogP contribution in [0.1, 0.15) is 252 Å². The molecule has 98 heavy (non-hydrogen) atoms. The highest BCUT2D eigenvalue weighted by Crippen LogP contribution is 2.26. The first-order valence-electron chi connectivity index (χ1n) is 36.6. The molecule has 10 atom stereocenters. The summed E-state index contributed by atoms with van der Waals surface area (Å²) in [6.07, 6.45) is 21.9. The average molecular weight is 1460 g/mol. The van der Waals surface area contributed by atoms with Crippen molar-refractivity contribution in [1.29, 1.82) is 0 Å². The van der Waals surface area contributed by atoms with E-state index in [1.807, 2.05) is 0 Å². The number of carbonyl (C=O) groups is 11. The minimum Gasteiger partial charge on any atom is -0.368 e. The Labute approximate surface area is 608 Å². The molecule has 0 heterocycles. The van der Waals surface area contributed by atoms with Crippen LogP contribution in [0.5, 0.6) is 0 Å². The van der Waals surface area contributed by atoms with Crippen molar-refractivity contribution in [2.75, 3.05) is 49.2 Å². The summed E-state index contributed by atoms with van der Waals surface area (Å²) in [7, 11) is 0. The molecular weight excluding hydrogens is 1330 g/mol. The molecule has 0 aromatic rings. The number of amides is 11. The Morgan fingerprint density at radius 1 is 0.306 bits per heavy atom. The van der Waals surface area contributed by atoms with Gasteiger partial charge < -0.3 is 67.1 Å². The molecule has 0 aliphatic heterocycles. The van der Waals surface area contributed by atoms with Crippen LogP contribution in [0.4, 0.5) is 0 Å². The maximum Gasteiger partial charge on any atom is 0.253 e. The Morgan fingerprint density at radius 3 is 0.806 bits per heavy atom. The summed E-state index contributed by atoms with van der Waals surface area (Å²) in [5, 5.41) is 11.2. The lowest BCUT2D eigenvalue weighted by molar-refractivity contribution is -0.167. The lowest BCUT2D eigenvalue weighted by Crippen LogP contribution is -2.67. The van der Waals surface area contributed by atoms with Gasteiger partial charge in [-0.3, -0.25) is 67.4 Å². The van der Waals surface area contributed by atoms with E-state index in [-0.39, 0.29) is 120 Å². The fraction of sp³-hybridized carbons (Fsp3) is 0.838. The van der Waals surface area contributed by atoms with E-state index in [0.717, 1.165) is 122 Å². The molecule has 26 nitrogen and oxygen atoms in total. The zero-order valence-corrected chi connectivity index (χ0v) is 63.2. The summed E-state index contributed by atoms with van der Waals surface area (Å²) in [4.78, 5) is 165. The van der Waals surface area contributed by atoms with Crippen LogP contribution in [0.2, 0.25) is 0 Å². The van der Waals surface area contributed by atoms with Crippen LogP contribution < -0.4 is 67.1 Å². The number of nitrogens with two attached hydrogens (primary N) is 8. The van der Waals surface area contributed by atoms with Crippen LogP contribution in [0.3, 0.4) is 0 Å². The van der Waals surface area contributed by atoms with Gasteiger partial charge >= 0.3 is 0 Å². The van der Waals surface area contributed by atoms with Crippen LogP contribution >= 0.6 is 50.5 Å². The molecule has 11 amide bonds. The fourth-order valence-corrected chi connectivity index (χ4v) is 12.1. The summed E-state index contributed by atoms with van der Waals surface area (Å²) in [5.41, 5.74) is 48.7. The molecule has 0 aromatic heterocycles.